The lowest BCUT2D eigenvalue weighted by Gasteiger charge is -2.34. The molecular weight excluding hydrogens is 461 g/mol. The van der Waals surface area contributed by atoms with E-state index in [1.54, 1.807) is 42.5 Å². The molecule has 4 rings (SSSR count). The van der Waals surface area contributed by atoms with Gasteiger partial charge in [-0.25, -0.2) is 8.42 Å². The van der Waals surface area contributed by atoms with Gasteiger partial charge in [0.15, 0.2) is 6.10 Å². The Morgan fingerprint density at radius 3 is 2.27 bits per heavy atom. The predicted octanol–water partition coefficient (Wildman–Crippen LogP) is 4.18. The molecule has 1 N–H and O–H groups in total. The highest BCUT2D eigenvalue weighted by Crippen LogP contribution is 2.37. The van der Waals surface area contributed by atoms with E-state index in [-0.39, 0.29) is 22.9 Å². The summed E-state index contributed by atoms with van der Waals surface area (Å²) in [7, 11) is -3.99. The second kappa shape index (κ2) is 8.66. The van der Waals surface area contributed by atoms with Crippen LogP contribution in [0.3, 0.4) is 0 Å². The van der Waals surface area contributed by atoms with E-state index in [0.717, 1.165) is 16.4 Å². The summed E-state index contributed by atoms with van der Waals surface area (Å²) in [6.07, 6.45) is -6.04. The molecule has 7 nitrogen and oxygen atoms in total. The maximum atomic E-state index is 13.3. The van der Waals surface area contributed by atoms with E-state index in [9.17, 15) is 26.4 Å². The van der Waals surface area contributed by atoms with E-state index in [0.29, 0.717) is 5.69 Å². The lowest BCUT2D eigenvalue weighted by atomic mass is 10.2. The molecule has 0 unspecified atom stereocenters. The smallest absolute Gasteiger partial charge is 0.476 e. The maximum Gasteiger partial charge on any atom is 0.573 e. The molecule has 1 aliphatic heterocycles. The monoisotopic (exact) mass is 478 g/mol. The van der Waals surface area contributed by atoms with Crippen LogP contribution in [-0.2, 0) is 14.8 Å². The van der Waals surface area contributed by atoms with Crippen molar-refractivity contribution < 1.29 is 35.9 Å². The van der Waals surface area contributed by atoms with E-state index in [1.165, 1.54) is 24.3 Å². The summed E-state index contributed by atoms with van der Waals surface area (Å²) < 4.78 is 74.1. The number of nitrogens with one attached hydrogen (secondary N) is 1. The fourth-order valence-electron chi connectivity index (χ4n) is 3.25. The summed E-state index contributed by atoms with van der Waals surface area (Å²) in [6.45, 7) is -0.296. The van der Waals surface area contributed by atoms with Crippen molar-refractivity contribution in [2.45, 2.75) is 17.4 Å². The van der Waals surface area contributed by atoms with Crippen LogP contribution >= 0.6 is 0 Å². The molecule has 1 amide bonds. The van der Waals surface area contributed by atoms with Crippen molar-refractivity contribution in [1.82, 2.24) is 0 Å². The van der Waals surface area contributed by atoms with Gasteiger partial charge in [-0.2, -0.15) is 0 Å². The molecule has 0 fully saturated rings. The average Bonchev–Trinajstić information content (AvgIpc) is 2.79. The van der Waals surface area contributed by atoms with Gasteiger partial charge in [0.1, 0.15) is 11.5 Å². The van der Waals surface area contributed by atoms with Crippen molar-refractivity contribution in [2.75, 3.05) is 16.2 Å². The number of ether oxygens (including phenoxy) is 2. The Morgan fingerprint density at radius 2 is 1.61 bits per heavy atom. The number of fused-ring (bicyclic) bond motifs is 1. The number of hydrogen-bond acceptors (Lipinski definition) is 5. The molecular formula is C22H17F3N2O5S. The number of carbonyl (C=O) groups is 1. The molecule has 3 aromatic rings. The molecule has 0 saturated carbocycles. The van der Waals surface area contributed by atoms with Crippen LogP contribution in [0.25, 0.3) is 0 Å². The number of alkyl halides is 3. The number of anilines is 2. The maximum absolute atomic E-state index is 13.3. The van der Waals surface area contributed by atoms with Crippen LogP contribution in [-0.4, -0.2) is 33.3 Å². The zero-order valence-corrected chi connectivity index (χ0v) is 17.6. The second-order valence-electron chi connectivity index (χ2n) is 6.98. The molecule has 1 heterocycles. The Kier molecular flexibility index (Phi) is 5.90. The van der Waals surface area contributed by atoms with E-state index >= 15 is 0 Å². The van der Waals surface area contributed by atoms with E-state index in [2.05, 4.69) is 10.1 Å². The molecule has 0 saturated heterocycles. The predicted molar refractivity (Wildman–Crippen MR) is 114 cm³/mol. The summed E-state index contributed by atoms with van der Waals surface area (Å²) >= 11 is 0. The summed E-state index contributed by atoms with van der Waals surface area (Å²) in [6, 6.07) is 18.8. The number of sulfonamides is 1. The normalized spacial score (nSPS) is 15.8. The minimum atomic E-state index is -4.83. The third kappa shape index (κ3) is 5.03. The molecule has 172 valence electrons. The Balaban J connectivity index is 1.56. The number of rotatable bonds is 5. The molecule has 0 radical (unpaired) electrons. The highest BCUT2D eigenvalue weighted by molar-refractivity contribution is 7.92. The van der Waals surface area contributed by atoms with Gasteiger partial charge in [0, 0.05) is 5.69 Å². The lowest BCUT2D eigenvalue weighted by molar-refractivity contribution is -0.274. The van der Waals surface area contributed by atoms with Gasteiger partial charge >= 0.3 is 6.36 Å². The number of amides is 1. The van der Waals surface area contributed by atoms with Crippen LogP contribution in [0.5, 0.6) is 11.5 Å². The van der Waals surface area contributed by atoms with Crippen LogP contribution < -0.4 is 19.1 Å². The summed E-state index contributed by atoms with van der Waals surface area (Å²) in [4.78, 5) is 12.9. The number of carbonyl (C=O) groups excluding carboxylic acids is 1. The van der Waals surface area contributed by atoms with Crippen molar-refractivity contribution in [3.8, 4) is 11.5 Å². The fourth-order valence-corrected chi connectivity index (χ4v) is 4.75. The van der Waals surface area contributed by atoms with Gasteiger partial charge in [0.2, 0.25) is 0 Å². The Labute approximate surface area is 187 Å². The summed E-state index contributed by atoms with van der Waals surface area (Å²) in [5.74, 6) is -0.900. The minimum Gasteiger partial charge on any atom is -0.476 e. The molecule has 0 spiro atoms. The SMILES string of the molecule is O=C(Nc1ccc(OC(F)(F)F)cc1)[C@@H]1CN(S(=O)(=O)c2ccccc2)c2ccccc2O1. The van der Waals surface area contributed by atoms with Gasteiger partial charge in [-0.15, -0.1) is 13.2 Å². The highest BCUT2D eigenvalue weighted by Gasteiger charge is 2.37. The first-order valence-electron chi connectivity index (χ1n) is 9.64. The average molecular weight is 478 g/mol. The van der Waals surface area contributed by atoms with Crippen molar-refractivity contribution in [2.24, 2.45) is 0 Å². The number of hydrogen-bond donors (Lipinski definition) is 1. The first-order chi connectivity index (χ1) is 15.6. The molecule has 0 aromatic heterocycles. The van der Waals surface area contributed by atoms with E-state index in [4.69, 9.17) is 4.74 Å². The van der Waals surface area contributed by atoms with Crippen LogP contribution in [0, 0.1) is 0 Å². The van der Waals surface area contributed by atoms with Crippen molar-refractivity contribution >= 4 is 27.3 Å². The van der Waals surface area contributed by atoms with Gasteiger partial charge in [-0.05, 0) is 48.5 Å². The number of halogens is 3. The molecule has 1 aliphatic rings. The quantitative estimate of drug-likeness (QED) is 0.595. The topological polar surface area (TPSA) is 84.9 Å². The molecule has 33 heavy (non-hydrogen) atoms. The highest BCUT2D eigenvalue weighted by atomic mass is 32.2. The lowest BCUT2D eigenvalue weighted by Crippen LogP contribution is -2.48. The largest absolute Gasteiger partial charge is 0.573 e. The molecule has 0 aliphatic carbocycles. The first-order valence-corrected chi connectivity index (χ1v) is 11.1. The molecule has 0 bridgehead atoms. The molecule has 11 heteroatoms. The van der Waals surface area contributed by atoms with Gasteiger partial charge in [-0.3, -0.25) is 9.10 Å². The van der Waals surface area contributed by atoms with Crippen LogP contribution in [0.1, 0.15) is 0 Å². The van der Waals surface area contributed by atoms with E-state index in [1.807, 2.05) is 0 Å². The van der Waals surface area contributed by atoms with E-state index < -0.39 is 34.1 Å². The van der Waals surface area contributed by atoms with Crippen molar-refractivity contribution in [3.63, 3.8) is 0 Å². The van der Waals surface area contributed by atoms with Crippen LogP contribution in [0.2, 0.25) is 0 Å². The minimum absolute atomic E-state index is 0.0566. The van der Waals surface area contributed by atoms with Crippen LogP contribution in [0.4, 0.5) is 24.5 Å². The Morgan fingerprint density at radius 1 is 0.970 bits per heavy atom. The zero-order chi connectivity index (χ0) is 23.6. The Bertz CT molecular complexity index is 1250. The summed E-state index contributed by atoms with van der Waals surface area (Å²) in [5.41, 5.74) is 0.480. The first kappa shape index (κ1) is 22.5. The van der Waals surface area contributed by atoms with Crippen LogP contribution in [0.15, 0.2) is 83.8 Å². The van der Waals surface area contributed by atoms with Crippen molar-refractivity contribution in [1.29, 1.82) is 0 Å². The van der Waals surface area contributed by atoms with Gasteiger partial charge in [0.05, 0.1) is 17.1 Å². The molecule has 3 aromatic carbocycles. The number of para-hydroxylation sites is 2. The van der Waals surface area contributed by atoms with Gasteiger partial charge < -0.3 is 14.8 Å². The van der Waals surface area contributed by atoms with Gasteiger partial charge in [0.25, 0.3) is 15.9 Å². The fraction of sp³-hybridized carbons (Fsp3) is 0.136. The summed E-state index contributed by atoms with van der Waals surface area (Å²) in [5, 5.41) is 2.52. The van der Waals surface area contributed by atoms with Crippen molar-refractivity contribution in [3.05, 3.63) is 78.9 Å². The Hall–Kier alpha value is -3.73. The second-order valence-corrected chi connectivity index (χ2v) is 8.85. The van der Waals surface area contributed by atoms with Gasteiger partial charge in [-0.1, -0.05) is 30.3 Å². The standard InChI is InChI=1S/C22H17F3N2O5S/c23-22(24,25)32-16-12-10-15(11-13-16)26-21(28)20-14-27(18-8-4-5-9-19(18)31-20)33(29,30)17-6-2-1-3-7-17/h1-13,20H,14H2,(H,26,28)/t20-/m0/s1. The number of nitrogens with zero attached hydrogens (tertiary/aromatic N) is 1. The third-order valence-corrected chi connectivity index (χ3v) is 6.51. The number of benzene rings is 3. The third-order valence-electron chi connectivity index (χ3n) is 4.71. The zero-order valence-electron chi connectivity index (χ0n) is 16.8. The molecule has 1 atom stereocenters.